The number of carbonyl (C=O) groups is 1. The quantitative estimate of drug-likeness (QED) is 0.402. The summed E-state index contributed by atoms with van der Waals surface area (Å²) in [6.45, 7) is 0. The van der Waals surface area contributed by atoms with Crippen molar-refractivity contribution in [1.82, 2.24) is 4.98 Å². The molecule has 6 nitrogen and oxygen atoms in total. The van der Waals surface area contributed by atoms with Gasteiger partial charge in [-0.1, -0.05) is 12.1 Å². The van der Waals surface area contributed by atoms with E-state index in [1.54, 1.807) is 37.4 Å². The third kappa shape index (κ3) is 4.05. The summed E-state index contributed by atoms with van der Waals surface area (Å²) in [5, 5.41) is 6.36. The number of halogens is 1. The zero-order valence-corrected chi connectivity index (χ0v) is 16.5. The second-order valence-corrected chi connectivity index (χ2v) is 6.64. The standard InChI is InChI=1S/C23H20FN3O3/c1-29-18-7-9-22(30-2)21(13-18)27-23(28)25-17-5-3-4-14(11-17)20-12-15-10-16(24)6-8-19(15)26-20/h3-13,26H,1-2H3,(H2,25,27,28). The number of urea groups is 1. The van der Waals surface area contributed by atoms with E-state index in [1.165, 1.54) is 19.2 Å². The number of benzene rings is 3. The smallest absolute Gasteiger partial charge is 0.323 e. The van der Waals surface area contributed by atoms with Gasteiger partial charge in [-0.05, 0) is 48.5 Å². The van der Waals surface area contributed by atoms with Gasteiger partial charge in [-0.15, -0.1) is 0 Å². The van der Waals surface area contributed by atoms with E-state index < -0.39 is 6.03 Å². The molecule has 0 aliphatic heterocycles. The van der Waals surface area contributed by atoms with Crippen LogP contribution in [0.15, 0.2) is 66.7 Å². The number of ether oxygens (including phenoxy) is 2. The van der Waals surface area contributed by atoms with Gasteiger partial charge in [0.05, 0.1) is 19.9 Å². The van der Waals surface area contributed by atoms with Crippen LogP contribution < -0.4 is 20.1 Å². The summed E-state index contributed by atoms with van der Waals surface area (Å²) in [4.78, 5) is 15.8. The first-order valence-corrected chi connectivity index (χ1v) is 9.24. The lowest BCUT2D eigenvalue weighted by molar-refractivity contribution is 0.262. The Balaban J connectivity index is 1.53. The minimum Gasteiger partial charge on any atom is -0.497 e. The maximum atomic E-state index is 13.5. The third-order valence-corrected chi connectivity index (χ3v) is 4.67. The summed E-state index contributed by atoms with van der Waals surface area (Å²) in [7, 11) is 3.08. The molecule has 0 spiro atoms. The zero-order valence-electron chi connectivity index (χ0n) is 16.5. The monoisotopic (exact) mass is 405 g/mol. The van der Waals surface area contributed by atoms with Crippen LogP contribution in [0.5, 0.6) is 11.5 Å². The Morgan fingerprint density at radius 3 is 2.60 bits per heavy atom. The molecule has 152 valence electrons. The molecule has 0 unspecified atom stereocenters. The normalized spacial score (nSPS) is 10.6. The Kier molecular flexibility index (Phi) is 5.26. The number of nitrogens with one attached hydrogen (secondary N) is 3. The highest BCUT2D eigenvalue weighted by atomic mass is 19.1. The van der Waals surface area contributed by atoms with Gasteiger partial charge >= 0.3 is 6.03 Å². The van der Waals surface area contributed by atoms with Crippen molar-refractivity contribution < 1.29 is 18.7 Å². The number of amides is 2. The topological polar surface area (TPSA) is 75.4 Å². The van der Waals surface area contributed by atoms with E-state index in [1.807, 2.05) is 24.3 Å². The molecule has 0 fully saturated rings. The lowest BCUT2D eigenvalue weighted by Gasteiger charge is -2.13. The van der Waals surface area contributed by atoms with Crippen molar-refractivity contribution in [3.8, 4) is 22.8 Å². The largest absolute Gasteiger partial charge is 0.497 e. The molecule has 1 heterocycles. The summed E-state index contributed by atoms with van der Waals surface area (Å²) in [6.07, 6.45) is 0. The Hall–Kier alpha value is -4.00. The Morgan fingerprint density at radius 2 is 1.80 bits per heavy atom. The first kappa shape index (κ1) is 19.3. The lowest BCUT2D eigenvalue weighted by atomic mass is 10.1. The van der Waals surface area contributed by atoms with Crippen LogP contribution in [0.1, 0.15) is 0 Å². The van der Waals surface area contributed by atoms with Crippen molar-refractivity contribution in [3.63, 3.8) is 0 Å². The summed E-state index contributed by atoms with van der Waals surface area (Å²) < 4.78 is 23.9. The van der Waals surface area contributed by atoms with E-state index in [-0.39, 0.29) is 5.82 Å². The van der Waals surface area contributed by atoms with Gasteiger partial charge < -0.3 is 25.1 Å². The number of aromatic nitrogens is 1. The fraction of sp³-hybridized carbons (Fsp3) is 0.0870. The maximum absolute atomic E-state index is 13.5. The molecule has 7 heteroatoms. The predicted molar refractivity (Wildman–Crippen MR) is 116 cm³/mol. The molecule has 0 aliphatic carbocycles. The van der Waals surface area contributed by atoms with Gasteiger partial charge in [-0.25, -0.2) is 9.18 Å². The molecule has 4 aromatic rings. The highest BCUT2D eigenvalue weighted by Gasteiger charge is 2.10. The molecule has 0 radical (unpaired) electrons. The number of hydrogen-bond acceptors (Lipinski definition) is 3. The fourth-order valence-electron chi connectivity index (χ4n) is 3.22. The minimum atomic E-state index is -0.419. The molecule has 3 N–H and O–H groups in total. The number of aromatic amines is 1. The summed E-state index contributed by atoms with van der Waals surface area (Å²) in [5.74, 6) is 0.835. The van der Waals surface area contributed by atoms with Crippen LogP contribution >= 0.6 is 0 Å². The van der Waals surface area contributed by atoms with Crippen LogP contribution in [0.25, 0.3) is 22.2 Å². The van der Waals surface area contributed by atoms with Crippen LogP contribution in [-0.2, 0) is 0 Å². The predicted octanol–water partition coefficient (Wildman–Crippen LogP) is 5.64. The minimum absolute atomic E-state index is 0.284. The van der Waals surface area contributed by atoms with Crippen LogP contribution in [-0.4, -0.2) is 25.2 Å². The molecule has 2 amide bonds. The average molecular weight is 405 g/mol. The maximum Gasteiger partial charge on any atom is 0.323 e. The molecule has 0 bridgehead atoms. The Labute approximate surface area is 172 Å². The van der Waals surface area contributed by atoms with Gasteiger partial charge in [0.15, 0.2) is 0 Å². The molecule has 0 atom stereocenters. The van der Waals surface area contributed by atoms with Crippen molar-refractivity contribution in [3.05, 3.63) is 72.5 Å². The molecule has 0 saturated carbocycles. The van der Waals surface area contributed by atoms with Gasteiger partial charge in [-0.2, -0.15) is 0 Å². The molecule has 4 rings (SSSR count). The van der Waals surface area contributed by atoms with Crippen LogP contribution in [0.4, 0.5) is 20.6 Å². The van der Waals surface area contributed by atoms with Crippen LogP contribution in [0.3, 0.4) is 0 Å². The molecular formula is C23H20FN3O3. The van der Waals surface area contributed by atoms with Crippen LogP contribution in [0, 0.1) is 5.82 Å². The van der Waals surface area contributed by atoms with E-state index in [2.05, 4.69) is 15.6 Å². The molecular weight excluding hydrogens is 385 g/mol. The molecule has 3 aromatic carbocycles. The number of hydrogen-bond donors (Lipinski definition) is 3. The Morgan fingerprint density at radius 1 is 0.933 bits per heavy atom. The van der Waals surface area contributed by atoms with E-state index in [0.717, 1.165) is 22.2 Å². The Bertz CT molecular complexity index is 1220. The molecule has 0 aliphatic rings. The number of rotatable bonds is 5. The zero-order chi connectivity index (χ0) is 21.1. The summed E-state index contributed by atoms with van der Waals surface area (Å²) in [5.41, 5.74) is 3.63. The first-order chi connectivity index (χ1) is 14.6. The second-order valence-electron chi connectivity index (χ2n) is 6.64. The van der Waals surface area contributed by atoms with Gasteiger partial charge in [-0.3, -0.25) is 0 Å². The van der Waals surface area contributed by atoms with Crippen molar-refractivity contribution in [2.75, 3.05) is 24.9 Å². The highest BCUT2D eigenvalue weighted by molar-refractivity contribution is 6.01. The van der Waals surface area contributed by atoms with Crippen molar-refractivity contribution in [1.29, 1.82) is 0 Å². The summed E-state index contributed by atoms with van der Waals surface area (Å²) >= 11 is 0. The van der Waals surface area contributed by atoms with E-state index >= 15 is 0 Å². The SMILES string of the molecule is COc1ccc(OC)c(NC(=O)Nc2cccc(-c3cc4cc(F)ccc4[nH]3)c2)c1. The second kappa shape index (κ2) is 8.16. The van der Waals surface area contributed by atoms with Gasteiger partial charge in [0.2, 0.25) is 0 Å². The van der Waals surface area contributed by atoms with Crippen molar-refractivity contribution in [2.24, 2.45) is 0 Å². The van der Waals surface area contributed by atoms with E-state index in [4.69, 9.17) is 9.47 Å². The van der Waals surface area contributed by atoms with Gasteiger partial charge in [0.25, 0.3) is 0 Å². The van der Waals surface area contributed by atoms with Crippen molar-refractivity contribution >= 4 is 28.3 Å². The number of carbonyl (C=O) groups excluding carboxylic acids is 1. The molecule has 30 heavy (non-hydrogen) atoms. The van der Waals surface area contributed by atoms with Crippen LogP contribution in [0.2, 0.25) is 0 Å². The summed E-state index contributed by atoms with van der Waals surface area (Å²) in [6, 6.07) is 18.6. The number of fused-ring (bicyclic) bond motifs is 1. The van der Waals surface area contributed by atoms with Gasteiger partial charge in [0, 0.05) is 33.9 Å². The van der Waals surface area contributed by atoms with Crippen molar-refractivity contribution in [2.45, 2.75) is 0 Å². The average Bonchev–Trinajstić information content (AvgIpc) is 3.17. The van der Waals surface area contributed by atoms with Gasteiger partial charge in [0.1, 0.15) is 17.3 Å². The lowest BCUT2D eigenvalue weighted by Crippen LogP contribution is -2.19. The highest BCUT2D eigenvalue weighted by Crippen LogP contribution is 2.30. The van der Waals surface area contributed by atoms with E-state index in [9.17, 15) is 9.18 Å². The fourth-order valence-corrected chi connectivity index (χ4v) is 3.22. The number of H-pyrrole nitrogens is 1. The first-order valence-electron chi connectivity index (χ1n) is 9.24. The number of anilines is 2. The third-order valence-electron chi connectivity index (χ3n) is 4.67. The van der Waals surface area contributed by atoms with E-state index in [0.29, 0.717) is 22.9 Å². The molecule has 1 aromatic heterocycles. The number of methoxy groups -OCH3 is 2. The molecule has 0 saturated heterocycles.